The minimum Gasteiger partial charge on any atom is -0.476 e. The normalized spacial score (nSPS) is 19.2. The van der Waals surface area contributed by atoms with Gasteiger partial charge in [-0.3, -0.25) is 9.69 Å². The van der Waals surface area contributed by atoms with E-state index < -0.39 is 5.91 Å². The number of hydrogen-bond acceptors (Lipinski definition) is 5. The van der Waals surface area contributed by atoms with Gasteiger partial charge in [-0.25, -0.2) is 4.98 Å². The Labute approximate surface area is 118 Å². The summed E-state index contributed by atoms with van der Waals surface area (Å²) < 4.78 is 5.68. The molecule has 20 heavy (non-hydrogen) atoms. The number of amides is 1. The van der Waals surface area contributed by atoms with Crippen LogP contribution < -0.4 is 10.5 Å². The second-order valence-corrected chi connectivity index (χ2v) is 5.49. The smallest absolute Gasteiger partial charge is 0.267 e. The third-order valence-electron chi connectivity index (χ3n) is 3.77. The maximum Gasteiger partial charge on any atom is 0.267 e. The average molecular weight is 276 g/mol. The molecule has 0 spiro atoms. The summed E-state index contributed by atoms with van der Waals surface area (Å²) in [5.74, 6) is 1.00. The Balaban J connectivity index is 1.63. The van der Waals surface area contributed by atoms with Crippen molar-refractivity contribution in [2.45, 2.75) is 31.6 Å². The Morgan fingerprint density at radius 2 is 2.10 bits per heavy atom. The van der Waals surface area contributed by atoms with Crippen molar-refractivity contribution < 1.29 is 9.53 Å². The average Bonchev–Trinajstić information content (AvgIpc) is 3.17. The number of nitrogens with two attached hydrogens (primary N) is 1. The first kappa shape index (κ1) is 13.3. The Bertz CT molecular complexity index is 496. The molecule has 0 bridgehead atoms. The molecule has 1 aliphatic carbocycles. The van der Waals surface area contributed by atoms with Crippen LogP contribution in [0.2, 0.25) is 0 Å². The summed E-state index contributed by atoms with van der Waals surface area (Å²) in [4.78, 5) is 22.3. The molecular weight excluding hydrogens is 256 g/mol. The number of primary amides is 1. The molecule has 2 aliphatic rings. The fourth-order valence-corrected chi connectivity index (χ4v) is 2.45. The van der Waals surface area contributed by atoms with E-state index in [4.69, 9.17) is 10.5 Å². The Morgan fingerprint density at radius 1 is 1.35 bits per heavy atom. The van der Waals surface area contributed by atoms with Crippen LogP contribution in [-0.2, 0) is 0 Å². The highest BCUT2D eigenvalue weighted by atomic mass is 16.5. The van der Waals surface area contributed by atoms with E-state index >= 15 is 0 Å². The first-order valence-corrected chi connectivity index (χ1v) is 7.26. The molecule has 108 valence electrons. The molecule has 1 aromatic heterocycles. The number of ether oxygens (including phenoxy) is 1. The summed E-state index contributed by atoms with van der Waals surface area (Å²) in [6, 6.07) is 1.54. The van der Waals surface area contributed by atoms with Crippen molar-refractivity contribution in [1.29, 1.82) is 0 Å². The Hall–Kier alpha value is -1.69. The van der Waals surface area contributed by atoms with E-state index in [2.05, 4.69) is 14.9 Å². The zero-order valence-electron chi connectivity index (χ0n) is 11.5. The lowest BCUT2D eigenvalue weighted by Gasteiger charge is -2.14. The van der Waals surface area contributed by atoms with E-state index in [9.17, 15) is 4.79 Å². The van der Waals surface area contributed by atoms with Gasteiger partial charge in [-0.05, 0) is 38.8 Å². The molecule has 2 N–H and O–H groups in total. The molecule has 0 atom stereocenters. The van der Waals surface area contributed by atoms with E-state index in [1.165, 1.54) is 18.9 Å². The van der Waals surface area contributed by atoms with Gasteiger partial charge in [-0.2, -0.15) is 4.98 Å². The number of rotatable bonds is 6. The number of hydrogen-bond donors (Lipinski definition) is 1. The first-order valence-electron chi connectivity index (χ1n) is 7.26. The van der Waals surface area contributed by atoms with E-state index in [1.807, 2.05) is 0 Å². The van der Waals surface area contributed by atoms with Gasteiger partial charge in [0.05, 0.1) is 0 Å². The molecule has 6 heteroatoms. The SMILES string of the molecule is NC(=O)c1cc(OCCN2CCCC2)nc(C2CC2)n1. The summed E-state index contributed by atoms with van der Waals surface area (Å²) in [6.07, 6.45) is 4.70. The number of carbonyl (C=O) groups excluding carboxylic acids is 1. The Morgan fingerprint density at radius 3 is 2.75 bits per heavy atom. The number of nitrogens with zero attached hydrogens (tertiary/aromatic N) is 3. The molecule has 0 unspecified atom stereocenters. The van der Waals surface area contributed by atoms with Gasteiger partial charge in [-0.15, -0.1) is 0 Å². The molecule has 2 fully saturated rings. The van der Waals surface area contributed by atoms with E-state index in [1.54, 1.807) is 0 Å². The highest BCUT2D eigenvalue weighted by Crippen LogP contribution is 2.38. The zero-order valence-corrected chi connectivity index (χ0v) is 11.5. The predicted molar refractivity (Wildman–Crippen MR) is 73.7 cm³/mol. The highest BCUT2D eigenvalue weighted by molar-refractivity contribution is 5.91. The largest absolute Gasteiger partial charge is 0.476 e. The van der Waals surface area contributed by atoms with Crippen LogP contribution in [0.4, 0.5) is 0 Å². The number of aromatic nitrogens is 2. The minimum atomic E-state index is -0.529. The highest BCUT2D eigenvalue weighted by Gasteiger charge is 2.28. The van der Waals surface area contributed by atoms with Crippen LogP contribution >= 0.6 is 0 Å². The van der Waals surface area contributed by atoms with Gasteiger partial charge >= 0.3 is 0 Å². The summed E-state index contributed by atoms with van der Waals surface area (Å²) in [7, 11) is 0. The molecule has 1 saturated carbocycles. The van der Waals surface area contributed by atoms with Crippen LogP contribution in [0.5, 0.6) is 5.88 Å². The maximum atomic E-state index is 11.3. The molecule has 0 radical (unpaired) electrons. The van der Waals surface area contributed by atoms with Crippen molar-refractivity contribution in [2.75, 3.05) is 26.2 Å². The number of carbonyl (C=O) groups is 1. The molecule has 2 heterocycles. The molecule has 1 amide bonds. The quantitative estimate of drug-likeness (QED) is 0.835. The van der Waals surface area contributed by atoms with Crippen molar-refractivity contribution >= 4 is 5.91 Å². The van der Waals surface area contributed by atoms with Crippen molar-refractivity contribution in [3.8, 4) is 5.88 Å². The topological polar surface area (TPSA) is 81.3 Å². The molecule has 1 aliphatic heterocycles. The van der Waals surface area contributed by atoms with Gasteiger partial charge in [0.15, 0.2) is 0 Å². The van der Waals surface area contributed by atoms with Crippen LogP contribution in [0, 0.1) is 0 Å². The third-order valence-corrected chi connectivity index (χ3v) is 3.77. The van der Waals surface area contributed by atoms with Gasteiger partial charge in [0.1, 0.15) is 18.1 Å². The zero-order chi connectivity index (χ0) is 13.9. The summed E-state index contributed by atoms with van der Waals surface area (Å²) in [6.45, 7) is 3.77. The van der Waals surface area contributed by atoms with Gasteiger partial charge < -0.3 is 10.5 Å². The van der Waals surface area contributed by atoms with E-state index in [0.29, 0.717) is 24.2 Å². The molecule has 1 aromatic rings. The molecular formula is C14H20N4O2. The number of likely N-dealkylation sites (tertiary alicyclic amines) is 1. The van der Waals surface area contributed by atoms with Gasteiger partial charge in [-0.1, -0.05) is 0 Å². The van der Waals surface area contributed by atoms with Crippen molar-refractivity contribution in [3.05, 3.63) is 17.6 Å². The van der Waals surface area contributed by atoms with Crippen molar-refractivity contribution in [2.24, 2.45) is 5.73 Å². The van der Waals surface area contributed by atoms with E-state index in [0.717, 1.165) is 32.5 Å². The molecule has 0 aromatic carbocycles. The lowest BCUT2D eigenvalue weighted by molar-refractivity contribution is 0.0994. The maximum absolute atomic E-state index is 11.3. The third kappa shape index (κ3) is 3.25. The standard InChI is InChI=1S/C14H20N4O2/c15-13(19)11-9-12(17-14(16-11)10-3-4-10)20-8-7-18-5-1-2-6-18/h9-10H,1-8H2,(H2,15,19). The summed E-state index contributed by atoms with van der Waals surface area (Å²) in [5, 5.41) is 0. The minimum absolute atomic E-state index is 0.248. The molecule has 3 rings (SSSR count). The lowest BCUT2D eigenvalue weighted by Crippen LogP contribution is -2.25. The van der Waals surface area contributed by atoms with E-state index in [-0.39, 0.29) is 5.69 Å². The predicted octanol–water partition coefficient (Wildman–Crippen LogP) is 0.927. The summed E-state index contributed by atoms with van der Waals surface area (Å²) in [5.41, 5.74) is 5.56. The Kier molecular flexibility index (Phi) is 3.82. The fraction of sp³-hybridized carbons (Fsp3) is 0.643. The summed E-state index contributed by atoms with van der Waals surface area (Å²) >= 11 is 0. The van der Waals surface area contributed by atoms with Crippen LogP contribution in [-0.4, -0.2) is 47.0 Å². The van der Waals surface area contributed by atoms with Gasteiger partial charge in [0.25, 0.3) is 5.91 Å². The monoisotopic (exact) mass is 276 g/mol. The van der Waals surface area contributed by atoms with Crippen molar-refractivity contribution in [1.82, 2.24) is 14.9 Å². The second-order valence-electron chi connectivity index (χ2n) is 5.49. The first-order chi connectivity index (χ1) is 9.72. The van der Waals surface area contributed by atoms with Crippen LogP contribution in [0.15, 0.2) is 6.07 Å². The van der Waals surface area contributed by atoms with Crippen molar-refractivity contribution in [3.63, 3.8) is 0 Å². The van der Waals surface area contributed by atoms with Gasteiger partial charge in [0.2, 0.25) is 5.88 Å². The second kappa shape index (κ2) is 5.75. The van der Waals surface area contributed by atoms with Gasteiger partial charge in [0, 0.05) is 18.5 Å². The molecule has 1 saturated heterocycles. The van der Waals surface area contributed by atoms with Crippen LogP contribution in [0.25, 0.3) is 0 Å². The molecule has 6 nitrogen and oxygen atoms in total. The van der Waals surface area contributed by atoms with Crippen LogP contribution in [0.3, 0.4) is 0 Å². The lowest BCUT2D eigenvalue weighted by atomic mass is 10.3. The fourth-order valence-electron chi connectivity index (χ4n) is 2.45. The van der Waals surface area contributed by atoms with Crippen LogP contribution in [0.1, 0.15) is 47.9 Å².